The van der Waals surface area contributed by atoms with E-state index in [0.717, 1.165) is 22.4 Å². The van der Waals surface area contributed by atoms with Gasteiger partial charge in [0.25, 0.3) is 0 Å². The lowest BCUT2D eigenvalue weighted by Crippen LogP contribution is -2.28. The highest BCUT2D eigenvalue weighted by atomic mass is 32.1. The molecule has 1 aromatic heterocycles. The monoisotopic (exact) mass is 410 g/mol. The summed E-state index contributed by atoms with van der Waals surface area (Å²) in [6, 6.07) is 15.7. The number of carbonyl (C=O) groups excluding carboxylic acids is 1. The third-order valence-corrected chi connectivity index (χ3v) is 5.09. The smallest absolute Gasteiger partial charge is 0.222 e. The summed E-state index contributed by atoms with van der Waals surface area (Å²) in [5.41, 5.74) is 3.19. The maximum Gasteiger partial charge on any atom is 0.222 e. The number of rotatable bonds is 8. The van der Waals surface area contributed by atoms with E-state index < -0.39 is 0 Å². The van der Waals surface area contributed by atoms with Gasteiger partial charge in [-0.15, -0.1) is 0 Å². The zero-order chi connectivity index (χ0) is 20.8. The third kappa shape index (κ3) is 5.12. The van der Waals surface area contributed by atoms with Crippen LogP contribution in [-0.4, -0.2) is 27.3 Å². The highest BCUT2D eigenvalue weighted by Crippen LogP contribution is 2.22. The van der Waals surface area contributed by atoms with Crippen molar-refractivity contribution in [3.05, 3.63) is 64.4 Å². The zero-order valence-corrected chi connectivity index (χ0v) is 17.8. The van der Waals surface area contributed by atoms with E-state index in [-0.39, 0.29) is 11.9 Å². The molecular weight excluding hydrogens is 384 g/mol. The summed E-state index contributed by atoms with van der Waals surface area (Å²) < 4.78 is 7.83. The van der Waals surface area contributed by atoms with Crippen LogP contribution in [0.15, 0.2) is 48.5 Å². The first kappa shape index (κ1) is 20.8. The van der Waals surface area contributed by atoms with E-state index in [1.165, 1.54) is 0 Å². The van der Waals surface area contributed by atoms with Crippen LogP contribution in [0, 0.1) is 11.7 Å². The molecule has 0 aliphatic heterocycles. The maximum absolute atomic E-state index is 12.5. The Morgan fingerprint density at radius 3 is 2.66 bits per heavy atom. The lowest BCUT2D eigenvalue weighted by molar-refractivity contribution is -0.121. The number of carbonyl (C=O) groups is 1. The van der Waals surface area contributed by atoms with Gasteiger partial charge in [0.2, 0.25) is 5.91 Å². The largest absolute Gasteiger partial charge is 0.494 e. The topological polar surface area (TPSA) is 71.9 Å². The van der Waals surface area contributed by atoms with Crippen LogP contribution < -0.4 is 10.1 Å². The van der Waals surface area contributed by atoms with Crippen molar-refractivity contribution in [1.29, 1.82) is 0 Å². The molecule has 0 saturated carbocycles. The van der Waals surface area contributed by atoms with Crippen molar-refractivity contribution in [2.75, 3.05) is 6.61 Å². The number of benzene rings is 2. The summed E-state index contributed by atoms with van der Waals surface area (Å²) in [7, 11) is 0. The standard InChI is InChI=1S/C22H26N4O2S/c1-4-28-18-11-9-17(10-12-18)21-24-25-22(29)26(21)14-13-20(27)23-16(3)19-8-6-5-7-15(19)2/h5-12,16H,4,13-14H2,1-3H3,(H,23,27)(H,25,29). The average molecular weight is 411 g/mol. The molecule has 0 bridgehead atoms. The van der Waals surface area contributed by atoms with Crippen molar-refractivity contribution >= 4 is 18.1 Å². The van der Waals surface area contributed by atoms with Crippen LogP contribution in [0.3, 0.4) is 0 Å². The second-order valence-corrected chi connectivity index (χ2v) is 7.24. The first-order chi connectivity index (χ1) is 14.0. The number of nitrogens with one attached hydrogen (secondary N) is 2. The molecule has 1 heterocycles. The predicted molar refractivity (Wildman–Crippen MR) is 116 cm³/mol. The molecule has 1 amide bonds. The summed E-state index contributed by atoms with van der Waals surface area (Å²) >= 11 is 5.36. The van der Waals surface area contributed by atoms with E-state index in [1.807, 2.05) is 73.9 Å². The highest BCUT2D eigenvalue weighted by molar-refractivity contribution is 7.71. The number of hydrogen-bond acceptors (Lipinski definition) is 4. The molecular formula is C22H26N4O2S. The van der Waals surface area contributed by atoms with E-state index in [0.29, 0.717) is 30.2 Å². The van der Waals surface area contributed by atoms with Crippen LogP contribution in [0.4, 0.5) is 0 Å². The number of ether oxygens (including phenoxy) is 1. The fourth-order valence-corrected chi connectivity index (χ4v) is 3.51. The molecule has 0 fully saturated rings. The minimum absolute atomic E-state index is 0.0264. The summed E-state index contributed by atoms with van der Waals surface area (Å²) in [5.74, 6) is 1.49. The molecule has 0 aliphatic rings. The molecule has 0 spiro atoms. The van der Waals surface area contributed by atoms with Crippen molar-refractivity contribution < 1.29 is 9.53 Å². The second kappa shape index (κ2) is 9.52. The number of aryl methyl sites for hydroxylation is 1. The quantitative estimate of drug-likeness (QED) is 0.533. The second-order valence-electron chi connectivity index (χ2n) is 6.86. The molecule has 3 rings (SSSR count). The van der Waals surface area contributed by atoms with Crippen LogP contribution in [-0.2, 0) is 11.3 Å². The van der Waals surface area contributed by atoms with Crippen LogP contribution in [0.5, 0.6) is 5.75 Å². The number of aromatic nitrogens is 3. The molecule has 2 aromatic carbocycles. The Balaban J connectivity index is 1.66. The van der Waals surface area contributed by atoms with Gasteiger partial charge in [-0.1, -0.05) is 24.3 Å². The maximum atomic E-state index is 12.5. The van der Waals surface area contributed by atoms with Gasteiger partial charge in [0.15, 0.2) is 10.6 Å². The fraction of sp³-hybridized carbons (Fsp3) is 0.318. The van der Waals surface area contributed by atoms with Gasteiger partial charge in [-0.3, -0.25) is 14.5 Å². The Morgan fingerprint density at radius 1 is 1.24 bits per heavy atom. The number of aromatic amines is 1. The van der Waals surface area contributed by atoms with Gasteiger partial charge < -0.3 is 10.1 Å². The minimum atomic E-state index is -0.0494. The molecule has 0 radical (unpaired) electrons. The van der Waals surface area contributed by atoms with E-state index in [1.54, 1.807) is 0 Å². The SMILES string of the molecule is CCOc1ccc(-c2n[nH]c(=S)n2CCC(=O)NC(C)c2ccccc2C)cc1. The Morgan fingerprint density at radius 2 is 1.97 bits per heavy atom. The lowest BCUT2D eigenvalue weighted by Gasteiger charge is -2.17. The minimum Gasteiger partial charge on any atom is -0.494 e. The van der Waals surface area contributed by atoms with Gasteiger partial charge in [0, 0.05) is 18.5 Å². The number of hydrogen-bond donors (Lipinski definition) is 2. The van der Waals surface area contributed by atoms with E-state index in [4.69, 9.17) is 17.0 Å². The Hall–Kier alpha value is -2.93. The molecule has 1 unspecified atom stereocenters. The van der Waals surface area contributed by atoms with Gasteiger partial charge in [-0.2, -0.15) is 5.10 Å². The molecule has 3 aromatic rings. The molecule has 7 heteroatoms. The molecule has 1 atom stereocenters. The first-order valence-corrected chi connectivity index (χ1v) is 10.1. The molecule has 0 aliphatic carbocycles. The van der Waals surface area contributed by atoms with Crippen molar-refractivity contribution in [1.82, 2.24) is 20.1 Å². The van der Waals surface area contributed by atoms with Crippen LogP contribution >= 0.6 is 12.2 Å². The van der Waals surface area contributed by atoms with E-state index in [2.05, 4.69) is 15.5 Å². The Labute approximate surface area is 175 Å². The summed E-state index contributed by atoms with van der Waals surface area (Å²) in [6.45, 7) is 7.06. The van der Waals surface area contributed by atoms with Crippen LogP contribution in [0.2, 0.25) is 0 Å². The Bertz CT molecular complexity index is 1020. The predicted octanol–water partition coefficient (Wildman–Crippen LogP) is 4.58. The molecule has 2 N–H and O–H groups in total. The Kier molecular flexibility index (Phi) is 6.82. The highest BCUT2D eigenvalue weighted by Gasteiger charge is 2.14. The number of amides is 1. The molecule has 0 saturated heterocycles. The van der Waals surface area contributed by atoms with Crippen molar-refractivity contribution in [3.63, 3.8) is 0 Å². The van der Waals surface area contributed by atoms with Gasteiger partial charge in [0.1, 0.15) is 5.75 Å². The van der Waals surface area contributed by atoms with Gasteiger partial charge in [0.05, 0.1) is 12.6 Å². The average Bonchev–Trinajstić information content (AvgIpc) is 3.08. The van der Waals surface area contributed by atoms with Crippen molar-refractivity contribution in [2.24, 2.45) is 0 Å². The lowest BCUT2D eigenvalue weighted by atomic mass is 10.0. The number of nitrogens with zero attached hydrogens (tertiary/aromatic N) is 2. The summed E-state index contributed by atoms with van der Waals surface area (Å²) in [6.07, 6.45) is 0.314. The third-order valence-electron chi connectivity index (χ3n) is 4.78. The van der Waals surface area contributed by atoms with Crippen LogP contribution in [0.25, 0.3) is 11.4 Å². The zero-order valence-electron chi connectivity index (χ0n) is 16.9. The van der Waals surface area contributed by atoms with Crippen molar-refractivity contribution in [3.8, 4) is 17.1 Å². The summed E-state index contributed by atoms with van der Waals surface area (Å²) in [4.78, 5) is 12.5. The fourth-order valence-electron chi connectivity index (χ4n) is 3.29. The van der Waals surface area contributed by atoms with E-state index >= 15 is 0 Å². The van der Waals surface area contributed by atoms with Crippen LogP contribution in [0.1, 0.15) is 37.4 Å². The molecule has 6 nitrogen and oxygen atoms in total. The van der Waals surface area contributed by atoms with Gasteiger partial charge in [-0.25, -0.2) is 0 Å². The normalized spacial score (nSPS) is 11.8. The van der Waals surface area contributed by atoms with Gasteiger partial charge >= 0.3 is 0 Å². The molecule has 152 valence electrons. The molecule has 29 heavy (non-hydrogen) atoms. The van der Waals surface area contributed by atoms with E-state index in [9.17, 15) is 4.79 Å². The number of H-pyrrole nitrogens is 1. The van der Waals surface area contributed by atoms with Crippen molar-refractivity contribution in [2.45, 2.75) is 39.8 Å². The first-order valence-electron chi connectivity index (χ1n) is 9.73. The van der Waals surface area contributed by atoms with Gasteiger partial charge in [-0.05, 0) is 68.4 Å². The summed E-state index contributed by atoms with van der Waals surface area (Å²) in [5, 5.41) is 10.2.